The van der Waals surface area contributed by atoms with Crippen LogP contribution in [0.15, 0.2) is 79.0 Å². The van der Waals surface area contributed by atoms with Crippen LogP contribution in [-0.4, -0.2) is 31.6 Å². The highest BCUT2D eigenvalue weighted by Crippen LogP contribution is 2.29. The van der Waals surface area contributed by atoms with Crippen LogP contribution in [0.4, 0.5) is 0 Å². The third-order valence-corrected chi connectivity index (χ3v) is 4.96. The summed E-state index contributed by atoms with van der Waals surface area (Å²) >= 11 is 0. The number of benzene rings is 3. The van der Waals surface area contributed by atoms with Crippen LogP contribution < -0.4 is 0 Å². The monoisotopic (exact) mass is 395 g/mol. The lowest BCUT2D eigenvalue weighted by molar-refractivity contribution is 0.0475. The molecule has 0 saturated carbocycles. The summed E-state index contributed by atoms with van der Waals surface area (Å²) < 4.78 is 5.53. The van der Waals surface area contributed by atoms with E-state index in [9.17, 15) is 4.79 Å². The van der Waals surface area contributed by atoms with Crippen molar-refractivity contribution in [2.75, 3.05) is 0 Å². The number of H-pyrrole nitrogens is 2. The maximum Gasteiger partial charge on any atom is 0.340 e. The first-order valence-corrected chi connectivity index (χ1v) is 9.45. The first-order valence-electron chi connectivity index (χ1n) is 9.45. The Morgan fingerprint density at radius 3 is 2.53 bits per heavy atom. The molecule has 2 heterocycles. The Balaban J connectivity index is 1.33. The van der Waals surface area contributed by atoms with Gasteiger partial charge in [0, 0.05) is 17.1 Å². The maximum atomic E-state index is 12.5. The second-order valence-corrected chi connectivity index (χ2v) is 6.80. The SMILES string of the molecule is O=C(OCc1ccc(-c2ccccc2-c2nn[nH]n2)cc1)c1cccc2cc[nH]c12. The first-order chi connectivity index (χ1) is 14.8. The normalized spacial score (nSPS) is 10.9. The van der Waals surface area contributed by atoms with Crippen molar-refractivity contribution < 1.29 is 9.53 Å². The van der Waals surface area contributed by atoms with Gasteiger partial charge in [0.15, 0.2) is 0 Å². The van der Waals surface area contributed by atoms with E-state index < -0.39 is 0 Å². The Labute approximate surface area is 171 Å². The summed E-state index contributed by atoms with van der Waals surface area (Å²) in [6.07, 6.45) is 1.81. The molecule has 2 aromatic heterocycles. The van der Waals surface area contributed by atoms with E-state index in [1.807, 2.05) is 72.9 Å². The third kappa shape index (κ3) is 3.33. The number of carbonyl (C=O) groups excluding carboxylic acids is 1. The molecule has 0 spiro atoms. The number of hydrogen-bond donors (Lipinski definition) is 2. The zero-order valence-corrected chi connectivity index (χ0v) is 15.9. The van der Waals surface area contributed by atoms with Crippen molar-refractivity contribution in [2.24, 2.45) is 0 Å². The van der Waals surface area contributed by atoms with Crippen molar-refractivity contribution in [1.82, 2.24) is 25.6 Å². The number of nitrogens with zero attached hydrogens (tertiary/aromatic N) is 3. The van der Waals surface area contributed by atoms with Gasteiger partial charge < -0.3 is 9.72 Å². The van der Waals surface area contributed by atoms with E-state index in [4.69, 9.17) is 4.74 Å². The summed E-state index contributed by atoms with van der Waals surface area (Å²) in [7, 11) is 0. The molecule has 0 saturated heterocycles. The standard InChI is InChI=1S/C23H17N5O2/c29-23(20-7-3-4-17-12-13-24-21(17)20)30-14-15-8-10-16(11-9-15)18-5-1-2-6-19(18)22-25-27-28-26-22/h1-13,24H,14H2,(H,25,26,27,28). The largest absolute Gasteiger partial charge is 0.457 e. The molecule has 0 bridgehead atoms. The number of hydrogen-bond acceptors (Lipinski definition) is 5. The molecular weight excluding hydrogens is 378 g/mol. The van der Waals surface area contributed by atoms with Crippen LogP contribution in [0.5, 0.6) is 0 Å². The van der Waals surface area contributed by atoms with Gasteiger partial charge in [-0.3, -0.25) is 0 Å². The summed E-state index contributed by atoms with van der Waals surface area (Å²) in [6, 6.07) is 23.3. The number of esters is 1. The van der Waals surface area contributed by atoms with Crippen LogP contribution in [0.3, 0.4) is 0 Å². The number of fused-ring (bicyclic) bond motifs is 1. The van der Waals surface area contributed by atoms with Gasteiger partial charge in [-0.05, 0) is 34.0 Å². The van der Waals surface area contributed by atoms with Crippen molar-refractivity contribution in [3.05, 3.63) is 90.1 Å². The number of nitrogens with one attached hydrogen (secondary N) is 2. The van der Waals surface area contributed by atoms with Crippen molar-refractivity contribution in [3.8, 4) is 22.5 Å². The molecule has 2 N–H and O–H groups in total. The van der Waals surface area contributed by atoms with Gasteiger partial charge in [-0.15, -0.1) is 10.2 Å². The summed E-state index contributed by atoms with van der Waals surface area (Å²) in [4.78, 5) is 15.6. The highest BCUT2D eigenvalue weighted by Gasteiger charge is 2.13. The molecular formula is C23H17N5O2. The molecule has 0 radical (unpaired) electrons. The van der Waals surface area contributed by atoms with Crippen LogP contribution in [0.25, 0.3) is 33.4 Å². The molecule has 0 amide bonds. The number of tetrazole rings is 1. The van der Waals surface area contributed by atoms with Crippen LogP contribution >= 0.6 is 0 Å². The van der Waals surface area contributed by atoms with E-state index in [1.54, 1.807) is 6.07 Å². The number of rotatable bonds is 5. The zero-order valence-electron chi connectivity index (χ0n) is 15.9. The van der Waals surface area contributed by atoms with Crippen LogP contribution in [0.1, 0.15) is 15.9 Å². The van der Waals surface area contributed by atoms with Crippen molar-refractivity contribution in [2.45, 2.75) is 6.61 Å². The number of aromatic nitrogens is 5. The molecule has 0 fully saturated rings. The molecule has 7 heteroatoms. The van der Waals surface area contributed by atoms with Gasteiger partial charge in [-0.1, -0.05) is 60.7 Å². The average Bonchev–Trinajstić information content (AvgIpc) is 3.50. The molecule has 0 aliphatic heterocycles. The minimum absolute atomic E-state index is 0.197. The molecule has 0 aliphatic rings. The van der Waals surface area contributed by atoms with Gasteiger partial charge in [-0.25, -0.2) is 4.79 Å². The van der Waals surface area contributed by atoms with Gasteiger partial charge >= 0.3 is 5.97 Å². The van der Waals surface area contributed by atoms with Crippen LogP contribution in [0, 0.1) is 0 Å². The second kappa shape index (κ2) is 7.63. The average molecular weight is 395 g/mol. The fourth-order valence-corrected chi connectivity index (χ4v) is 3.47. The molecule has 146 valence electrons. The number of carbonyl (C=O) groups is 1. The van der Waals surface area contributed by atoms with Crippen molar-refractivity contribution >= 4 is 16.9 Å². The van der Waals surface area contributed by atoms with E-state index in [0.29, 0.717) is 11.4 Å². The third-order valence-electron chi connectivity index (χ3n) is 4.96. The second-order valence-electron chi connectivity index (χ2n) is 6.80. The predicted octanol–water partition coefficient (Wildman–Crippen LogP) is 4.37. The van der Waals surface area contributed by atoms with Crippen molar-refractivity contribution in [3.63, 3.8) is 0 Å². The van der Waals surface area contributed by atoms with E-state index in [2.05, 4.69) is 25.6 Å². The quantitative estimate of drug-likeness (QED) is 0.431. The molecule has 7 nitrogen and oxygen atoms in total. The molecule has 0 unspecified atom stereocenters. The summed E-state index contributed by atoms with van der Waals surface area (Å²) in [5.74, 6) is 0.191. The lowest BCUT2D eigenvalue weighted by Gasteiger charge is -2.09. The number of ether oxygens (including phenoxy) is 1. The van der Waals surface area contributed by atoms with Crippen LogP contribution in [-0.2, 0) is 11.3 Å². The van der Waals surface area contributed by atoms with Gasteiger partial charge in [0.1, 0.15) is 6.61 Å². The highest BCUT2D eigenvalue weighted by atomic mass is 16.5. The minimum atomic E-state index is -0.352. The van der Waals surface area contributed by atoms with Gasteiger partial charge in [0.2, 0.25) is 5.82 Å². The summed E-state index contributed by atoms with van der Waals surface area (Å²) in [6.45, 7) is 0.197. The Morgan fingerprint density at radius 2 is 1.73 bits per heavy atom. The zero-order chi connectivity index (χ0) is 20.3. The van der Waals surface area contributed by atoms with E-state index in [1.165, 1.54) is 0 Å². The van der Waals surface area contributed by atoms with Gasteiger partial charge in [-0.2, -0.15) is 5.21 Å². The molecule has 3 aromatic carbocycles. The Hall–Kier alpha value is -4.26. The maximum absolute atomic E-state index is 12.5. The molecule has 30 heavy (non-hydrogen) atoms. The predicted molar refractivity (Wildman–Crippen MR) is 112 cm³/mol. The van der Waals surface area contributed by atoms with E-state index >= 15 is 0 Å². The molecule has 0 atom stereocenters. The highest BCUT2D eigenvalue weighted by molar-refractivity contribution is 6.02. The number of aromatic amines is 2. The van der Waals surface area contributed by atoms with Gasteiger partial charge in [0.25, 0.3) is 0 Å². The lowest BCUT2D eigenvalue weighted by Crippen LogP contribution is -2.06. The minimum Gasteiger partial charge on any atom is -0.457 e. The Kier molecular flexibility index (Phi) is 4.53. The molecule has 5 aromatic rings. The Morgan fingerprint density at radius 1 is 0.900 bits per heavy atom. The Bertz CT molecular complexity index is 1310. The van der Waals surface area contributed by atoms with E-state index in [-0.39, 0.29) is 12.6 Å². The van der Waals surface area contributed by atoms with Crippen LogP contribution in [0.2, 0.25) is 0 Å². The summed E-state index contributed by atoms with van der Waals surface area (Å²) in [5, 5.41) is 15.3. The lowest BCUT2D eigenvalue weighted by atomic mass is 9.98. The molecule has 0 aliphatic carbocycles. The first kappa shape index (κ1) is 17.8. The topological polar surface area (TPSA) is 96.6 Å². The smallest absolute Gasteiger partial charge is 0.340 e. The summed E-state index contributed by atoms with van der Waals surface area (Å²) in [5.41, 5.74) is 5.13. The fraction of sp³-hybridized carbons (Fsp3) is 0.0435. The fourth-order valence-electron chi connectivity index (χ4n) is 3.47. The van der Waals surface area contributed by atoms with Crippen molar-refractivity contribution in [1.29, 1.82) is 0 Å². The molecule has 5 rings (SSSR count). The van der Waals surface area contributed by atoms with Gasteiger partial charge in [0.05, 0.1) is 11.1 Å². The number of para-hydroxylation sites is 1. The van der Waals surface area contributed by atoms with E-state index in [0.717, 1.165) is 33.2 Å².